The largest absolute Gasteiger partial charge is 0.351 e. The number of hydrogen-bond donors (Lipinski definition) is 2. The standard InChI is InChI=1S/C17H20N2O/c1-13-6-5-7-14(10-13)12-19-17(20)16(11-18)15-8-3-2-4-9-15/h2-10,16H,11-12,18H2,1H3,(H,19,20). The van der Waals surface area contributed by atoms with Crippen molar-refractivity contribution in [3.05, 3.63) is 71.3 Å². The summed E-state index contributed by atoms with van der Waals surface area (Å²) in [5.74, 6) is -0.318. The van der Waals surface area contributed by atoms with Crippen LogP contribution in [0.3, 0.4) is 0 Å². The molecule has 0 aliphatic carbocycles. The summed E-state index contributed by atoms with van der Waals surface area (Å²) in [5, 5.41) is 2.96. The van der Waals surface area contributed by atoms with Crippen LogP contribution in [-0.4, -0.2) is 12.5 Å². The van der Waals surface area contributed by atoms with Gasteiger partial charge in [-0.25, -0.2) is 0 Å². The average molecular weight is 268 g/mol. The smallest absolute Gasteiger partial charge is 0.229 e. The third-order valence-electron chi connectivity index (χ3n) is 3.30. The van der Waals surface area contributed by atoms with Gasteiger partial charge in [-0.05, 0) is 18.1 Å². The van der Waals surface area contributed by atoms with Crippen molar-refractivity contribution in [1.82, 2.24) is 5.32 Å². The number of nitrogens with two attached hydrogens (primary N) is 1. The van der Waals surface area contributed by atoms with Gasteiger partial charge in [-0.15, -0.1) is 0 Å². The first-order valence-electron chi connectivity index (χ1n) is 6.79. The minimum Gasteiger partial charge on any atom is -0.351 e. The Morgan fingerprint density at radius 3 is 2.55 bits per heavy atom. The van der Waals surface area contributed by atoms with E-state index >= 15 is 0 Å². The van der Waals surface area contributed by atoms with Gasteiger partial charge in [0.1, 0.15) is 0 Å². The Hall–Kier alpha value is -2.13. The molecule has 2 aromatic carbocycles. The fraction of sp³-hybridized carbons (Fsp3) is 0.235. The molecule has 0 fully saturated rings. The molecule has 0 aromatic heterocycles. The molecule has 0 spiro atoms. The summed E-state index contributed by atoms with van der Waals surface area (Å²) in [4.78, 5) is 12.2. The Balaban J connectivity index is 2.00. The summed E-state index contributed by atoms with van der Waals surface area (Å²) in [6.07, 6.45) is 0. The molecule has 0 aliphatic heterocycles. The summed E-state index contributed by atoms with van der Waals surface area (Å²) in [7, 11) is 0. The van der Waals surface area contributed by atoms with Crippen molar-refractivity contribution < 1.29 is 4.79 Å². The van der Waals surface area contributed by atoms with Gasteiger partial charge in [0.25, 0.3) is 0 Å². The van der Waals surface area contributed by atoms with E-state index in [1.165, 1.54) is 5.56 Å². The maximum absolute atomic E-state index is 12.2. The Bertz CT molecular complexity index is 566. The zero-order valence-corrected chi connectivity index (χ0v) is 11.7. The van der Waals surface area contributed by atoms with Gasteiger partial charge < -0.3 is 11.1 Å². The molecule has 0 aliphatic rings. The molecular formula is C17H20N2O. The van der Waals surface area contributed by atoms with Crippen molar-refractivity contribution in [2.45, 2.75) is 19.4 Å². The molecule has 0 saturated heterocycles. The van der Waals surface area contributed by atoms with Crippen LogP contribution in [-0.2, 0) is 11.3 Å². The van der Waals surface area contributed by atoms with E-state index in [2.05, 4.69) is 11.4 Å². The summed E-state index contributed by atoms with van der Waals surface area (Å²) < 4.78 is 0. The molecule has 3 N–H and O–H groups in total. The second-order valence-corrected chi connectivity index (χ2v) is 4.91. The number of rotatable bonds is 5. The minimum atomic E-state index is -0.291. The van der Waals surface area contributed by atoms with Gasteiger partial charge in [0, 0.05) is 13.1 Å². The Kier molecular flexibility index (Phi) is 4.91. The van der Waals surface area contributed by atoms with E-state index in [-0.39, 0.29) is 11.8 Å². The van der Waals surface area contributed by atoms with Gasteiger partial charge in [0.2, 0.25) is 5.91 Å². The zero-order chi connectivity index (χ0) is 14.4. The molecular weight excluding hydrogens is 248 g/mol. The van der Waals surface area contributed by atoms with Gasteiger partial charge >= 0.3 is 0 Å². The van der Waals surface area contributed by atoms with Crippen LogP contribution < -0.4 is 11.1 Å². The molecule has 1 atom stereocenters. The third-order valence-corrected chi connectivity index (χ3v) is 3.30. The normalized spacial score (nSPS) is 11.9. The van der Waals surface area contributed by atoms with E-state index < -0.39 is 0 Å². The lowest BCUT2D eigenvalue weighted by Crippen LogP contribution is -2.33. The molecule has 1 unspecified atom stereocenters. The first kappa shape index (κ1) is 14.3. The summed E-state index contributed by atoms with van der Waals surface area (Å²) in [6, 6.07) is 17.8. The summed E-state index contributed by atoms with van der Waals surface area (Å²) in [5.41, 5.74) is 8.98. The number of hydrogen-bond acceptors (Lipinski definition) is 2. The fourth-order valence-corrected chi connectivity index (χ4v) is 2.21. The SMILES string of the molecule is Cc1cccc(CNC(=O)C(CN)c2ccccc2)c1. The van der Waals surface area contributed by atoms with Crippen LogP contribution in [0.1, 0.15) is 22.6 Å². The zero-order valence-electron chi connectivity index (χ0n) is 11.7. The van der Waals surface area contributed by atoms with Crippen LogP contribution in [0.15, 0.2) is 54.6 Å². The second kappa shape index (κ2) is 6.87. The Morgan fingerprint density at radius 2 is 1.90 bits per heavy atom. The lowest BCUT2D eigenvalue weighted by Gasteiger charge is -2.15. The average Bonchev–Trinajstić information content (AvgIpc) is 2.47. The monoisotopic (exact) mass is 268 g/mol. The van der Waals surface area contributed by atoms with Crippen molar-refractivity contribution in [3.8, 4) is 0 Å². The molecule has 1 amide bonds. The number of nitrogens with one attached hydrogen (secondary N) is 1. The van der Waals surface area contributed by atoms with E-state index in [4.69, 9.17) is 5.73 Å². The van der Waals surface area contributed by atoms with E-state index in [1.54, 1.807) is 0 Å². The van der Waals surface area contributed by atoms with Crippen LogP contribution in [0, 0.1) is 6.92 Å². The van der Waals surface area contributed by atoms with Crippen molar-refractivity contribution in [2.75, 3.05) is 6.54 Å². The maximum atomic E-state index is 12.2. The van der Waals surface area contributed by atoms with Crippen LogP contribution in [0.25, 0.3) is 0 Å². The van der Waals surface area contributed by atoms with Gasteiger partial charge in [-0.2, -0.15) is 0 Å². The molecule has 0 bridgehead atoms. The number of aryl methyl sites for hydroxylation is 1. The first-order valence-corrected chi connectivity index (χ1v) is 6.79. The van der Waals surface area contributed by atoms with Gasteiger partial charge in [-0.1, -0.05) is 60.2 Å². The van der Waals surface area contributed by atoms with Crippen molar-refractivity contribution in [3.63, 3.8) is 0 Å². The topological polar surface area (TPSA) is 55.1 Å². The van der Waals surface area contributed by atoms with Gasteiger partial charge in [0.15, 0.2) is 0 Å². The van der Waals surface area contributed by atoms with Crippen LogP contribution in [0.5, 0.6) is 0 Å². The highest BCUT2D eigenvalue weighted by molar-refractivity contribution is 5.83. The Morgan fingerprint density at radius 1 is 1.15 bits per heavy atom. The lowest BCUT2D eigenvalue weighted by molar-refractivity contribution is -0.122. The van der Waals surface area contributed by atoms with Crippen molar-refractivity contribution in [2.24, 2.45) is 5.73 Å². The predicted molar refractivity (Wildman–Crippen MR) is 81.3 cm³/mol. The van der Waals surface area contributed by atoms with E-state index in [9.17, 15) is 4.79 Å². The molecule has 0 saturated carbocycles. The van der Waals surface area contributed by atoms with E-state index in [0.29, 0.717) is 13.1 Å². The van der Waals surface area contributed by atoms with Crippen LogP contribution in [0.2, 0.25) is 0 Å². The highest BCUT2D eigenvalue weighted by Gasteiger charge is 2.18. The molecule has 2 aromatic rings. The van der Waals surface area contributed by atoms with Gasteiger partial charge in [0.05, 0.1) is 5.92 Å². The summed E-state index contributed by atoms with van der Waals surface area (Å²) >= 11 is 0. The number of benzene rings is 2. The summed E-state index contributed by atoms with van der Waals surface area (Å²) in [6.45, 7) is 2.88. The maximum Gasteiger partial charge on any atom is 0.229 e. The Labute approximate surface area is 119 Å². The van der Waals surface area contributed by atoms with Crippen LogP contribution in [0.4, 0.5) is 0 Å². The van der Waals surface area contributed by atoms with E-state index in [0.717, 1.165) is 11.1 Å². The number of carbonyl (C=O) groups excluding carboxylic acids is 1. The quantitative estimate of drug-likeness (QED) is 0.874. The molecule has 0 radical (unpaired) electrons. The lowest BCUT2D eigenvalue weighted by atomic mass is 9.98. The number of carbonyl (C=O) groups is 1. The highest BCUT2D eigenvalue weighted by Crippen LogP contribution is 2.14. The highest BCUT2D eigenvalue weighted by atomic mass is 16.1. The van der Waals surface area contributed by atoms with Crippen molar-refractivity contribution in [1.29, 1.82) is 0 Å². The molecule has 20 heavy (non-hydrogen) atoms. The van der Waals surface area contributed by atoms with E-state index in [1.807, 2.05) is 55.5 Å². The fourth-order valence-electron chi connectivity index (χ4n) is 2.21. The van der Waals surface area contributed by atoms with Crippen LogP contribution >= 0.6 is 0 Å². The van der Waals surface area contributed by atoms with Crippen molar-refractivity contribution >= 4 is 5.91 Å². The second-order valence-electron chi connectivity index (χ2n) is 4.91. The minimum absolute atomic E-state index is 0.0276. The molecule has 3 nitrogen and oxygen atoms in total. The molecule has 3 heteroatoms. The molecule has 2 rings (SSSR count). The molecule has 0 heterocycles. The third kappa shape index (κ3) is 3.68. The predicted octanol–water partition coefficient (Wildman–Crippen LogP) is 2.35. The first-order chi connectivity index (χ1) is 9.70. The number of amides is 1. The molecule has 104 valence electrons. The van der Waals surface area contributed by atoms with Gasteiger partial charge in [-0.3, -0.25) is 4.79 Å².